The molecule has 24 nitrogen and oxygen atoms in total. The average molecular weight is 977 g/mol. The summed E-state index contributed by atoms with van der Waals surface area (Å²) in [6.45, 7) is 3.80. The molecule has 0 amide bonds. The second kappa shape index (κ2) is 26.5. The summed E-state index contributed by atoms with van der Waals surface area (Å²) in [5.41, 5.74) is 1.68. The first kappa shape index (κ1) is 56.9. The van der Waals surface area contributed by atoms with Gasteiger partial charge in [-0.25, -0.2) is 9.59 Å². The minimum atomic E-state index is -1.86. The van der Waals surface area contributed by atoms with E-state index in [1.807, 2.05) is 0 Å². The third kappa shape index (κ3) is 14.9. The number of hydrogen-bond acceptors (Lipinski definition) is 24. The number of carbonyl (C=O) groups is 2. The summed E-state index contributed by atoms with van der Waals surface area (Å²) in [4.78, 5) is 25.6. The molecule has 4 fully saturated rings. The Hall–Kier alpha value is -3.68. The summed E-state index contributed by atoms with van der Waals surface area (Å²) < 4.78 is 42.7. The maximum atomic E-state index is 12.8. The van der Waals surface area contributed by atoms with Gasteiger partial charge in [0, 0.05) is 11.1 Å². The second-order valence-electron chi connectivity index (χ2n) is 16.5. The number of hydrogen-bond donors (Lipinski definition) is 14. The van der Waals surface area contributed by atoms with Crippen molar-refractivity contribution in [3.05, 3.63) is 83.1 Å². The highest BCUT2D eigenvalue weighted by molar-refractivity contribution is 5.88. The first-order valence-electron chi connectivity index (χ1n) is 21.5. The SMILES string of the molecule is CC(=C/C=C/C=C(C)/C=C/C=C(\C)C(=O)O[C@@H]1O[C@H](CO[C@@H]2O[C@H](CO)[C@@H](O)[C@H](O)[C@H]2O)[C@@H](O)[C@H](O)[C@H]1O)/C=C/C=C(/C)C(=O)O[C@@H]1O[C@H](CO[C@@H]2O[C@H](CO)[C@@H](O)[C@H](O)[C@H]2O)[C@@H](O)[C@H](O)[C@H]1O. The van der Waals surface area contributed by atoms with E-state index < -0.39 is 161 Å². The fraction of sp³-hybridized carbons (Fsp3) is 0.636. The first-order valence-corrected chi connectivity index (χ1v) is 21.5. The van der Waals surface area contributed by atoms with Gasteiger partial charge in [-0.2, -0.15) is 0 Å². The van der Waals surface area contributed by atoms with Gasteiger partial charge in [-0.1, -0.05) is 71.9 Å². The Morgan fingerprint density at radius 1 is 0.397 bits per heavy atom. The summed E-state index contributed by atoms with van der Waals surface area (Å²) in [6.07, 6.45) is -16.8. The smallest absolute Gasteiger partial charge is 0.336 e. The summed E-state index contributed by atoms with van der Waals surface area (Å²) in [5, 5.41) is 142. The molecule has 4 aliphatic heterocycles. The van der Waals surface area contributed by atoms with Gasteiger partial charge < -0.3 is 109 Å². The van der Waals surface area contributed by atoms with Crippen LogP contribution >= 0.6 is 0 Å². The molecule has 0 bridgehead atoms. The van der Waals surface area contributed by atoms with E-state index in [2.05, 4.69) is 0 Å². The monoisotopic (exact) mass is 976 g/mol. The van der Waals surface area contributed by atoms with Gasteiger partial charge >= 0.3 is 11.9 Å². The van der Waals surface area contributed by atoms with E-state index in [0.29, 0.717) is 0 Å². The van der Waals surface area contributed by atoms with Crippen LogP contribution in [0.5, 0.6) is 0 Å². The maximum absolute atomic E-state index is 12.8. The minimum Gasteiger partial charge on any atom is -0.429 e. The van der Waals surface area contributed by atoms with Gasteiger partial charge in [-0.05, 0) is 27.7 Å². The summed E-state index contributed by atoms with van der Waals surface area (Å²) in [5.74, 6) is -1.86. The molecular formula is C44H64O24. The number of esters is 2. The molecule has 24 heteroatoms. The molecule has 0 aromatic rings. The van der Waals surface area contributed by atoms with Crippen LogP contribution in [0.15, 0.2) is 83.1 Å². The number of allylic oxidation sites excluding steroid dienone is 12. The van der Waals surface area contributed by atoms with Crippen LogP contribution in [-0.2, 0) is 47.5 Å². The van der Waals surface area contributed by atoms with Gasteiger partial charge in [0.15, 0.2) is 12.6 Å². The minimum absolute atomic E-state index is 0.0726. The molecule has 68 heavy (non-hydrogen) atoms. The van der Waals surface area contributed by atoms with Gasteiger partial charge in [0.25, 0.3) is 0 Å². The average Bonchev–Trinajstić information content (AvgIpc) is 3.31. The van der Waals surface area contributed by atoms with Crippen LogP contribution in [0, 0.1) is 0 Å². The van der Waals surface area contributed by atoms with Crippen molar-refractivity contribution >= 4 is 11.9 Å². The van der Waals surface area contributed by atoms with E-state index in [-0.39, 0.29) is 11.1 Å². The quantitative estimate of drug-likeness (QED) is 0.0347. The highest BCUT2D eigenvalue weighted by Gasteiger charge is 2.50. The van der Waals surface area contributed by atoms with Crippen LogP contribution < -0.4 is 0 Å². The molecular weight excluding hydrogens is 912 g/mol. The van der Waals surface area contributed by atoms with Crippen molar-refractivity contribution in [3.8, 4) is 0 Å². The van der Waals surface area contributed by atoms with Gasteiger partial charge in [0.2, 0.25) is 12.6 Å². The number of aliphatic hydroxyl groups is 14. The third-order valence-electron chi connectivity index (χ3n) is 11.2. The molecule has 0 saturated carbocycles. The molecule has 4 rings (SSSR count). The topological polar surface area (TPSA) is 391 Å². The molecule has 20 atom stereocenters. The van der Waals surface area contributed by atoms with E-state index in [9.17, 15) is 81.1 Å². The predicted molar refractivity (Wildman–Crippen MR) is 227 cm³/mol. The molecule has 0 spiro atoms. The van der Waals surface area contributed by atoms with E-state index in [1.54, 1.807) is 62.5 Å². The van der Waals surface area contributed by atoms with Crippen molar-refractivity contribution in [2.45, 2.75) is 151 Å². The second-order valence-corrected chi connectivity index (χ2v) is 16.5. The normalized spacial score (nSPS) is 40.3. The van der Waals surface area contributed by atoms with Crippen molar-refractivity contribution in [2.24, 2.45) is 0 Å². The number of rotatable bonds is 18. The lowest BCUT2D eigenvalue weighted by Crippen LogP contribution is -2.61. The van der Waals surface area contributed by atoms with E-state index in [0.717, 1.165) is 11.1 Å². The highest BCUT2D eigenvalue weighted by Crippen LogP contribution is 2.28. The van der Waals surface area contributed by atoms with Crippen LogP contribution in [0.3, 0.4) is 0 Å². The van der Waals surface area contributed by atoms with Gasteiger partial charge in [-0.15, -0.1) is 0 Å². The van der Waals surface area contributed by atoms with Crippen molar-refractivity contribution < 1.29 is 119 Å². The molecule has 4 heterocycles. The van der Waals surface area contributed by atoms with Gasteiger partial charge in [-0.3, -0.25) is 0 Å². The molecule has 384 valence electrons. The Bertz CT molecular complexity index is 1730. The molecule has 0 aromatic heterocycles. The molecule has 4 aliphatic rings. The lowest BCUT2D eigenvalue weighted by atomic mass is 9.98. The first-order chi connectivity index (χ1) is 32.1. The van der Waals surface area contributed by atoms with Crippen molar-refractivity contribution in [1.82, 2.24) is 0 Å². The van der Waals surface area contributed by atoms with Crippen LogP contribution in [-0.4, -0.2) is 233 Å². The Labute approximate surface area is 390 Å². The zero-order chi connectivity index (χ0) is 50.6. The number of aliphatic hydroxyl groups excluding tert-OH is 14. The van der Waals surface area contributed by atoms with Crippen LogP contribution in [0.2, 0.25) is 0 Å². The van der Waals surface area contributed by atoms with Crippen molar-refractivity contribution in [2.75, 3.05) is 26.4 Å². The van der Waals surface area contributed by atoms with Crippen LogP contribution in [0.1, 0.15) is 27.7 Å². The van der Waals surface area contributed by atoms with E-state index in [4.69, 9.17) is 37.9 Å². The Kier molecular flexibility index (Phi) is 22.2. The van der Waals surface area contributed by atoms with Gasteiger partial charge in [0.1, 0.15) is 97.7 Å². The van der Waals surface area contributed by atoms with Crippen LogP contribution in [0.4, 0.5) is 0 Å². The predicted octanol–water partition coefficient (Wildman–Crippen LogP) is -5.23. The molecule has 0 aliphatic carbocycles. The number of ether oxygens (including phenoxy) is 8. The maximum Gasteiger partial charge on any atom is 0.336 e. The fourth-order valence-electron chi connectivity index (χ4n) is 6.84. The van der Waals surface area contributed by atoms with Gasteiger partial charge in [0.05, 0.1) is 26.4 Å². The third-order valence-corrected chi connectivity index (χ3v) is 11.2. The zero-order valence-corrected chi connectivity index (χ0v) is 37.5. The molecule has 14 N–H and O–H groups in total. The van der Waals surface area contributed by atoms with Crippen molar-refractivity contribution in [3.63, 3.8) is 0 Å². The number of carbonyl (C=O) groups excluding carboxylic acids is 2. The fourth-order valence-corrected chi connectivity index (χ4v) is 6.84. The summed E-state index contributed by atoms with van der Waals surface area (Å²) >= 11 is 0. The molecule has 0 radical (unpaired) electrons. The van der Waals surface area contributed by atoms with E-state index >= 15 is 0 Å². The molecule has 0 unspecified atom stereocenters. The Morgan fingerprint density at radius 3 is 1.01 bits per heavy atom. The summed E-state index contributed by atoms with van der Waals surface area (Å²) in [7, 11) is 0. The highest BCUT2D eigenvalue weighted by atomic mass is 16.8. The van der Waals surface area contributed by atoms with E-state index in [1.165, 1.54) is 26.0 Å². The Morgan fingerprint density at radius 2 is 0.691 bits per heavy atom. The lowest BCUT2D eigenvalue weighted by molar-refractivity contribution is -0.326. The lowest BCUT2D eigenvalue weighted by Gasteiger charge is -2.42. The molecule has 4 saturated heterocycles. The van der Waals surface area contributed by atoms with Crippen LogP contribution in [0.25, 0.3) is 0 Å². The summed E-state index contributed by atoms with van der Waals surface area (Å²) in [6, 6.07) is 0. The Balaban J connectivity index is 1.23. The largest absolute Gasteiger partial charge is 0.429 e. The standard InChI is InChI=1S/C44H64O24/c1-19(11-7-13-21(3)39(59)67-43-37(57)33(53)29(49)25(65-43)17-61-41-35(55)31(51)27(47)23(15-45)63-41)9-5-6-10-20(2)12-8-14-22(4)40(60)68-44-38(58)34(54)30(50)26(66-44)18-62-42-36(56)32(52)28(48)24(16-46)64-42/h5-14,23-38,41-58H,15-18H2,1-4H3/b6-5+,11-7+,12-8+,19-9-,20-10+,21-13-,22-14+/t23-,24-,25-,26-,27-,28-,29-,30-,31+,32+,33+,34+,35-,36-,37-,38-,41-,42-,43+,44+/m1/s1. The molecule has 0 aromatic carbocycles. The zero-order valence-electron chi connectivity index (χ0n) is 37.5. The van der Waals surface area contributed by atoms with Crippen molar-refractivity contribution in [1.29, 1.82) is 0 Å².